The Labute approximate surface area is 188 Å². The summed E-state index contributed by atoms with van der Waals surface area (Å²) in [7, 11) is 0. The second-order valence-electron chi connectivity index (χ2n) is 7.84. The number of aliphatic carboxylic acids is 1. The molecular formula is C25H30N2O3S. The third kappa shape index (κ3) is 6.37. The summed E-state index contributed by atoms with van der Waals surface area (Å²) in [4.78, 5) is 16.7. The first-order valence-electron chi connectivity index (χ1n) is 10.6. The van der Waals surface area contributed by atoms with Crippen LogP contribution in [-0.4, -0.2) is 33.5 Å². The molecule has 1 atom stereocenters. The summed E-state index contributed by atoms with van der Waals surface area (Å²) in [6, 6.07) is 16.6. The maximum absolute atomic E-state index is 10.8. The van der Waals surface area contributed by atoms with Gasteiger partial charge >= 0.3 is 5.97 Å². The quantitative estimate of drug-likeness (QED) is 0.298. The number of carboxylic acids is 1. The molecule has 1 heterocycles. The van der Waals surface area contributed by atoms with Gasteiger partial charge in [-0.1, -0.05) is 37.3 Å². The normalized spacial score (nSPS) is 12.0. The summed E-state index contributed by atoms with van der Waals surface area (Å²) >= 11 is 1.73. The molecule has 3 aromatic rings. The number of thioether (sulfide) groups is 1. The molecule has 1 unspecified atom stereocenters. The van der Waals surface area contributed by atoms with Gasteiger partial charge in [-0.3, -0.25) is 4.79 Å². The van der Waals surface area contributed by atoms with Gasteiger partial charge in [-0.15, -0.1) is 11.8 Å². The number of aryl methyl sites for hydroxylation is 1. The van der Waals surface area contributed by atoms with Gasteiger partial charge < -0.3 is 14.4 Å². The van der Waals surface area contributed by atoms with Gasteiger partial charge in [0, 0.05) is 34.3 Å². The minimum Gasteiger partial charge on any atom is -0.493 e. The smallest absolute Gasteiger partial charge is 0.303 e. The summed E-state index contributed by atoms with van der Waals surface area (Å²) in [5, 5.41) is 8.89. The van der Waals surface area contributed by atoms with Crippen LogP contribution in [0, 0.1) is 12.8 Å². The van der Waals surface area contributed by atoms with Gasteiger partial charge in [0.25, 0.3) is 0 Å². The van der Waals surface area contributed by atoms with Crippen LogP contribution in [0.15, 0.2) is 59.6 Å². The van der Waals surface area contributed by atoms with Crippen LogP contribution in [0.1, 0.15) is 37.4 Å². The van der Waals surface area contributed by atoms with Crippen molar-refractivity contribution < 1.29 is 14.6 Å². The van der Waals surface area contributed by atoms with Crippen molar-refractivity contribution in [3.05, 3.63) is 66.0 Å². The number of aromatic nitrogens is 2. The maximum Gasteiger partial charge on any atom is 0.303 e. The third-order valence-electron chi connectivity index (χ3n) is 5.33. The summed E-state index contributed by atoms with van der Waals surface area (Å²) in [5.41, 5.74) is 3.29. The lowest BCUT2D eigenvalue weighted by atomic mass is 10.0. The third-order valence-corrected chi connectivity index (χ3v) is 6.07. The van der Waals surface area contributed by atoms with Crippen LogP contribution in [0.5, 0.6) is 5.75 Å². The fourth-order valence-corrected chi connectivity index (χ4v) is 4.00. The van der Waals surface area contributed by atoms with Crippen LogP contribution >= 0.6 is 11.8 Å². The highest BCUT2D eigenvalue weighted by molar-refractivity contribution is 7.98. The molecule has 1 N–H and O–H groups in total. The van der Waals surface area contributed by atoms with E-state index in [-0.39, 0.29) is 12.3 Å². The fraction of sp³-hybridized carbons (Fsp3) is 0.360. The number of para-hydroxylation sites is 1. The Hall–Kier alpha value is -2.73. The molecule has 0 aliphatic carbocycles. The van der Waals surface area contributed by atoms with Crippen molar-refractivity contribution >= 4 is 17.7 Å². The molecule has 0 radical (unpaired) electrons. The molecule has 0 amide bonds. The van der Waals surface area contributed by atoms with E-state index in [1.165, 1.54) is 4.90 Å². The number of nitrogens with zero attached hydrogens (tertiary/aromatic N) is 2. The molecule has 2 aromatic carbocycles. The zero-order valence-corrected chi connectivity index (χ0v) is 19.2. The van der Waals surface area contributed by atoms with Crippen LogP contribution in [0.25, 0.3) is 11.4 Å². The van der Waals surface area contributed by atoms with Crippen LogP contribution in [0.4, 0.5) is 0 Å². The first-order chi connectivity index (χ1) is 15.0. The SMILES string of the molecule is CSc1ccc(-c2ncc(C)n2Cc2ccccc2OCCCC(C)CC(=O)O)cc1. The molecule has 0 saturated heterocycles. The Morgan fingerprint density at radius 1 is 1.19 bits per heavy atom. The van der Waals surface area contributed by atoms with E-state index >= 15 is 0 Å². The minimum absolute atomic E-state index is 0.157. The zero-order chi connectivity index (χ0) is 22.2. The summed E-state index contributed by atoms with van der Waals surface area (Å²) < 4.78 is 8.29. The molecule has 0 spiro atoms. The fourth-order valence-electron chi connectivity index (χ4n) is 3.59. The van der Waals surface area contributed by atoms with E-state index in [1.54, 1.807) is 11.8 Å². The van der Waals surface area contributed by atoms with E-state index < -0.39 is 5.97 Å². The van der Waals surface area contributed by atoms with Gasteiger partial charge in [0.1, 0.15) is 11.6 Å². The number of imidazole rings is 1. The van der Waals surface area contributed by atoms with E-state index in [0.29, 0.717) is 13.2 Å². The highest BCUT2D eigenvalue weighted by Crippen LogP contribution is 2.26. The lowest BCUT2D eigenvalue weighted by Crippen LogP contribution is -2.09. The largest absolute Gasteiger partial charge is 0.493 e. The molecule has 5 nitrogen and oxygen atoms in total. The van der Waals surface area contributed by atoms with Crippen LogP contribution in [-0.2, 0) is 11.3 Å². The topological polar surface area (TPSA) is 64.4 Å². The Morgan fingerprint density at radius 3 is 2.65 bits per heavy atom. The molecule has 0 saturated carbocycles. The molecule has 1 aromatic heterocycles. The first kappa shape index (κ1) is 22.9. The second-order valence-corrected chi connectivity index (χ2v) is 8.72. The summed E-state index contributed by atoms with van der Waals surface area (Å²) in [6.07, 6.45) is 5.86. The number of benzene rings is 2. The van der Waals surface area contributed by atoms with Gasteiger partial charge in [-0.05, 0) is 50.1 Å². The van der Waals surface area contributed by atoms with Crippen LogP contribution < -0.4 is 4.74 Å². The van der Waals surface area contributed by atoms with Gasteiger partial charge in [-0.25, -0.2) is 4.98 Å². The Balaban J connectivity index is 1.70. The summed E-state index contributed by atoms with van der Waals surface area (Å²) in [5.74, 6) is 1.23. The van der Waals surface area contributed by atoms with Crippen LogP contribution in [0.3, 0.4) is 0 Å². The molecule has 0 bridgehead atoms. The van der Waals surface area contributed by atoms with Crippen molar-refractivity contribution in [1.29, 1.82) is 0 Å². The van der Waals surface area contributed by atoms with E-state index in [4.69, 9.17) is 9.84 Å². The molecule has 0 aliphatic rings. The van der Waals surface area contributed by atoms with E-state index in [2.05, 4.69) is 53.1 Å². The molecule has 6 heteroatoms. The van der Waals surface area contributed by atoms with E-state index in [9.17, 15) is 4.79 Å². The summed E-state index contributed by atoms with van der Waals surface area (Å²) in [6.45, 7) is 5.29. The highest BCUT2D eigenvalue weighted by Gasteiger charge is 2.13. The van der Waals surface area contributed by atoms with E-state index in [1.807, 2.05) is 31.3 Å². The average Bonchev–Trinajstić information content (AvgIpc) is 3.12. The second kappa shape index (κ2) is 11.0. The number of hydrogen-bond donors (Lipinski definition) is 1. The minimum atomic E-state index is -0.742. The molecule has 3 rings (SSSR count). The molecule has 0 fully saturated rings. The number of rotatable bonds is 11. The van der Waals surface area contributed by atoms with Gasteiger partial charge in [0.15, 0.2) is 0 Å². The zero-order valence-electron chi connectivity index (χ0n) is 18.4. The number of ether oxygens (including phenoxy) is 1. The number of carboxylic acid groups (broad SMARTS) is 1. The predicted molar refractivity (Wildman–Crippen MR) is 126 cm³/mol. The van der Waals surface area contributed by atoms with E-state index in [0.717, 1.165) is 41.2 Å². The highest BCUT2D eigenvalue weighted by atomic mass is 32.2. The average molecular weight is 439 g/mol. The molecule has 0 aliphatic heterocycles. The number of carbonyl (C=O) groups is 1. The van der Waals surface area contributed by atoms with Crippen molar-refractivity contribution in [1.82, 2.24) is 9.55 Å². The monoisotopic (exact) mass is 438 g/mol. The van der Waals surface area contributed by atoms with Crippen molar-refractivity contribution in [3.8, 4) is 17.1 Å². The number of hydrogen-bond acceptors (Lipinski definition) is 4. The van der Waals surface area contributed by atoms with Crippen molar-refractivity contribution in [2.24, 2.45) is 5.92 Å². The molecule has 164 valence electrons. The predicted octanol–water partition coefficient (Wildman–Crippen LogP) is 5.90. The van der Waals surface area contributed by atoms with Crippen LogP contribution in [0.2, 0.25) is 0 Å². The van der Waals surface area contributed by atoms with Crippen molar-refractivity contribution in [3.63, 3.8) is 0 Å². The molecule has 31 heavy (non-hydrogen) atoms. The lowest BCUT2D eigenvalue weighted by Gasteiger charge is -2.15. The Kier molecular flexibility index (Phi) is 8.18. The lowest BCUT2D eigenvalue weighted by molar-refractivity contribution is -0.138. The maximum atomic E-state index is 10.8. The Bertz CT molecular complexity index is 998. The van der Waals surface area contributed by atoms with Gasteiger partial charge in [0.2, 0.25) is 0 Å². The van der Waals surface area contributed by atoms with Crippen molar-refractivity contribution in [2.45, 2.75) is 44.6 Å². The Morgan fingerprint density at radius 2 is 1.94 bits per heavy atom. The standard InChI is InChI=1S/C25H30N2O3S/c1-18(15-24(28)29)7-6-14-30-23-9-5-4-8-21(23)17-27-19(2)16-26-25(27)20-10-12-22(31-3)13-11-20/h4-5,8-13,16,18H,6-7,14-15,17H2,1-3H3,(H,28,29). The molecular weight excluding hydrogens is 408 g/mol. The van der Waals surface area contributed by atoms with Crippen molar-refractivity contribution in [2.75, 3.05) is 12.9 Å². The first-order valence-corrected chi connectivity index (χ1v) is 11.8. The van der Waals surface area contributed by atoms with Gasteiger partial charge in [-0.2, -0.15) is 0 Å². The van der Waals surface area contributed by atoms with Gasteiger partial charge in [0.05, 0.1) is 13.2 Å².